The van der Waals surface area contributed by atoms with Gasteiger partial charge in [-0.2, -0.15) is 0 Å². The Bertz CT molecular complexity index is 114. The third-order valence-electron chi connectivity index (χ3n) is 0.849. The number of hydrogen-bond donors (Lipinski definition) is 0. The molecule has 0 atom stereocenters. The van der Waals surface area contributed by atoms with Crippen molar-refractivity contribution in [2.45, 2.75) is 6.04 Å². The third kappa shape index (κ3) is 0.933. The molecule has 1 rings (SSSR count). The van der Waals surface area contributed by atoms with Crippen LogP contribution < -0.4 is 0 Å². The Morgan fingerprint density at radius 2 is 1.86 bits per heavy atom. The van der Waals surface area contributed by atoms with Gasteiger partial charge in [0.1, 0.15) is 0 Å². The van der Waals surface area contributed by atoms with Gasteiger partial charge >= 0.3 is 0 Å². The fourth-order valence-corrected chi connectivity index (χ4v) is 0.631. The first-order valence-corrected chi connectivity index (χ1v) is 2.47. The summed E-state index contributed by atoms with van der Waals surface area (Å²) in [4.78, 5) is 0. The molecule has 1 aliphatic rings. The van der Waals surface area contributed by atoms with E-state index >= 15 is 0 Å². The van der Waals surface area contributed by atoms with Crippen molar-refractivity contribution in [1.29, 1.82) is 0 Å². The van der Waals surface area contributed by atoms with Crippen molar-refractivity contribution in [3.63, 3.8) is 0 Å². The second-order valence-electron chi connectivity index (χ2n) is 1.37. The standard InChI is InChI=1S/C5H5NS/c7-6-5-3-1-2-4-5/h1-5H. The van der Waals surface area contributed by atoms with Crippen LogP contribution in [0.5, 0.6) is 0 Å². The minimum Gasteiger partial charge on any atom is -0.208 e. The molecular formula is C5H5NS. The Morgan fingerprint density at radius 1 is 1.29 bits per heavy atom. The van der Waals surface area contributed by atoms with Gasteiger partial charge in [-0.15, -0.1) is 0 Å². The summed E-state index contributed by atoms with van der Waals surface area (Å²) >= 11 is 4.43. The molecule has 0 amide bonds. The summed E-state index contributed by atoms with van der Waals surface area (Å²) in [5.74, 6) is 0. The van der Waals surface area contributed by atoms with Gasteiger partial charge in [0.25, 0.3) is 0 Å². The molecule has 0 aromatic heterocycles. The Hall–Kier alpha value is -0.500. The van der Waals surface area contributed by atoms with Crippen LogP contribution in [0.2, 0.25) is 0 Å². The van der Waals surface area contributed by atoms with E-state index in [0.29, 0.717) is 0 Å². The molecule has 0 aromatic rings. The van der Waals surface area contributed by atoms with Crippen molar-refractivity contribution in [3.8, 4) is 0 Å². The first-order chi connectivity index (χ1) is 3.43. The molecule has 0 heterocycles. The van der Waals surface area contributed by atoms with Gasteiger partial charge in [-0.05, 0) is 0 Å². The lowest BCUT2D eigenvalue weighted by molar-refractivity contribution is 1.08. The van der Waals surface area contributed by atoms with Crippen LogP contribution in [-0.4, -0.2) is 6.04 Å². The molecule has 0 saturated heterocycles. The minimum atomic E-state index is 0.176. The topological polar surface area (TPSA) is 12.4 Å². The van der Waals surface area contributed by atoms with E-state index in [0.717, 1.165) is 0 Å². The molecular weight excluding hydrogens is 106 g/mol. The molecule has 0 spiro atoms. The van der Waals surface area contributed by atoms with E-state index in [4.69, 9.17) is 0 Å². The predicted octanol–water partition coefficient (Wildman–Crippen LogP) is 1.21. The van der Waals surface area contributed by atoms with E-state index in [9.17, 15) is 0 Å². The summed E-state index contributed by atoms with van der Waals surface area (Å²) in [6.45, 7) is 0. The SMILES string of the molecule is S=NC1C=CC=C1. The van der Waals surface area contributed by atoms with E-state index < -0.39 is 0 Å². The summed E-state index contributed by atoms with van der Waals surface area (Å²) in [5.41, 5.74) is 0. The van der Waals surface area contributed by atoms with Crippen molar-refractivity contribution in [3.05, 3.63) is 24.3 Å². The van der Waals surface area contributed by atoms with Crippen LogP contribution in [0.15, 0.2) is 28.7 Å². The van der Waals surface area contributed by atoms with Crippen molar-refractivity contribution in [2.75, 3.05) is 0 Å². The van der Waals surface area contributed by atoms with Crippen LogP contribution >= 0.6 is 0 Å². The predicted molar refractivity (Wildman–Crippen MR) is 31.9 cm³/mol. The van der Waals surface area contributed by atoms with Crippen molar-refractivity contribution < 1.29 is 0 Å². The summed E-state index contributed by atoms with van der Waals surface area (Å²) in [5, 5.41) is 0. The molecule has 0 aliphatic heterocycles. The first-order valence-electron chi connectivity index (χ1n) is 2.11. The van der Waals surface area contributed by atoms with Crippen molar-refractivity contribution in [1.82, 2.24) is 0 Å². The Balaban J connectivity index is 2.59. The monoisotopic (exact) mass is 111 g/mol. The lowest BCUT2D eigenvalue weighted by Gasteiger charge is -1.86. The second kappa shape index (κ2) is 1.98. The highest BCUT2D eigenvalue weighted by atomic mass is 32.1. The van der Waals surface area contributed by atoms with Crippen LogP contribution in [0.25, 0.3) is 0 Å². The van der Waals surface area contributed by atoms with Gasteiger partial charge in [0.2, 0.25) is 0 Å². The van der Waals surface area contributed by atoms with Crippen molar-refractivity contribution in [2.24, 2.45) is 4.36 Å². The average molecular weight is 111 g/mol. The number of rotatable bonds is 1. The quantitative estimate of drug-likeness (QED) is 0.495. The highest BCUT2D eigenvalue weighted by Crippen LogP contribution is 2.01. The van der Waals surface area contributed by atoms with Crippen LogP contribution in [0.3, 0.4) is 0 Å². The van der Waals surface area contributed by atoms with Gasteiger partial charge in [0, 0.05) is 12.4 Å². The summed E-state index contributed by atoms with van der Waals surface area (Å²) < 4.78 is 3.60. The van der Waals surface area contributed by atoms with Crippen molar-refractivity contribution >= 4 is 12.4 Å². The van der Waals surface area contributed by atoms with Gasteiger partial charge in [-0.3, -0.25) is 0 Å². The fourth-order valence-electron chi connectivity index (χ4n) is 0.490. The number of hydrogen-bond acceptors (Lipinski definition) is 2. The molecule has 1 nitrogen and oxygen atoms in total. The van der Waals surface area contributed by atoms with Crippen LogP contribution in [-0.2, 0) is 12.4 Å². The zero-order chi connectivity index (χ0) is 5.11. The zero-order valence-electron chi connectivity index (χ0n) is 3.74. The third-order valence-corrected chi connectivity index (χ3v) is 1.09. The fraction of sp³-hybridized carbons (Fsp3) is 0.200. The lowest BCUT2D eigenvalue weighted by atomic mass is 10.4. The average Bonchev–Trinajstić information content (AvgIpc) is 2.14. The molecule has 1 aliphatic carbocycles. The second-order valence-corrected chi connectivity index (χ2v) is 1.58. The Labute approximate surface area is 47.9 Å². The minimum absolute atomic E-state index is 0.176. The molecule has 7 heavy (non-hydrogen) atoms. The molecule has 0 bridgehead atoms. The highest BCUT2D eigenvalue weighted by Gasteiger charge is 1.95. The highest BCUT2D eigenvalue weighted by molar-refractivity contribution is 7.47. The van der Waals surface area contributed by atoms with Gasteiger partial charge in [0.15, 0.2) is 0 Å². The molecule has 36 valence electrons. The van der Waals surface area contributed by atoms with E-state index in [1.165, 1.54) is 0 Å². The van der Waals surface area contributed by atoms with Gasteiger partial charge in [-0.25, -0.2) is 4.36 Å². The molecule has 0 saturated carbocycles. The summed E-state index contributed by atoms with van der Waals surface area (Å²) in [6.07, 6.45) is 7.79. The molecule has 2 heteroatoms. The Kier molecular flexibility index (Phi) is 1.32. The molecule has 0 aromatic carbocycles. The van der Waals surface area contributed by atoms with E-state index in [2.05, 4.69) is 16.8 Å². The van der Waals surface area contributed by atoms with Crippen LogP contribution in [0, 0.1) is 0 Å². The number of allylic oxidation sites excluding steroid dienone is 2. The smallest absolute Gasteiger partial charge is 0.0998 e. The molecule has 0 N–H and O–H groups in total. The maximum atomic E-state index is 4.43. The van der Waals surface area contributed by atoms with Crippen LogP contribution in [0.1, 0.15) is 0 Å². The maximum Gasteiger partial charge on any atom is 0.0998 e. The zero-order valence-corrected chi connectivity index (χ0v) is 4.56. The van der Waals surface area contributed by atoms with Gasteiger partial charge in [-0.1, -0.05) is 24.3 Å². The molecule has 0 unspecified atom stereocenters. The van der Waals surface area contributed by atoms with Crippen LogP contribution in [0.4, 0.5) is 0 Å². The summed E-state index contributed by atoms with van der Waals surface area (Å²) in [7, 11) is 0. The largest absolute Gasteiger partial charge is 0.208 e. The lowest BCUT2D eigenvalue weighted by Crippen LogP contribution is -1.85. The molecule has 0 fully saturated rings. The molecule has 0 radical (unpaired) electrons. The Morgan fingerprint density at radius 3 is 2.14 bits per heavy atom. The van der Waals surface area contributed by atoms with E-state index in [-0.39, 0.29) is 6.04 Å². The van der Waals surface area contributed by atoms with E-state index in [1.807, 2.05) is 24.3 Å². The maximum absolute atomic E-state index is 4.43. The normalized spacial score (nSPS) is 18.3. The van der Waals surface area contributed by atoms with Gasteiger partial charge < -0.3 is 0 Å². The van der Waals surface area contributed by atoms with E-state index in [1.54, 1.807) is 0 Å². The first kappa shape index (κ1) is 4.65. The van der Waals surface area contributed by atoms with Gasteiger partial charge in [0.05, 0.1) is 6.04 Å². The summed E-state index contributed by atoms with van der Waals surface area (Å²) in [6, 6.07) is 0.176. The number of nitrogens with zero attached hydrogens (tertiary/aromatic N) is 1.